The molecule has 1 aliphatic heterocycles. The minimum Gasteiger partial charge on any atom is -0.494 e. The molecule has 0 radical (unpaired) electrons. The Balaban J connectivity index is 1.47. The first kappa shape index (κ1) is 21.1. The number of guanidine groups is 1. The van der Waals surface area contributed by atoms with Crippen molar-refractivity contribution in [2.45, 2.75) is 31.7 Å². The van der Waals surface area contributed by atoms with E-state index in [0.29, 0.717) is 24.3 Å². The van der Waals surface area contributed by atoms with Crippen LogP contribution in [0.4, 0.5) is 0 Å². The van der Waals surface area contributed by atoms with E-state index in [1.807, 2.05) is 17.0 Å². The van der Waals surface area contributed by atoms with Crippen molar-refractivity contribution in [3.63, 3.8) is 0 Å². The summed E-state index contributed by atoms with van der Waals surface area (Å²) in [6.45, 7) is 2.29. The Bertz CT molecular complexity index is 1050. The van der Waals surface area contributed by atoms with Crippen molar-refractivity contribution in [1.82, 2.24) is 15.0 Å². The zero-order valence-electron chi connectivity index (χ0n) is 18.1. The molecule has 164 valence electrons. The molecule has 0 spiro atoms. The van der Waals surface area contributed by atoms with E-state index in [-0.39, 0.29) is 6.04 Å². The predicted molar refractivity (Wildman–Crippen MR) is 120 cm³/mol. The Hall–Kier alpha value is -3.13. The fourth-order valence-electron chi connectivity index (χ4n) is 3.91. The number of fused-ring (bicyclic) bond motifs is 1. The summed E-state index contributed by atoms with van der Waals surface area (Å²) in [4.78, 5) is 10.8. The number of hydrogen-bond donors (Lipinski definition) is 1. The minimum atomic E-state index is -0.0194. The first-order valence-corrected chi connectivity index (χ1v) is 10.7. The number of methoxy groups -OCH3 is 1. The van der Waals surface area contributed by atoms with E-state index < -0.39 is 0 Å². The number of nitrogens with two attached hydrogens (primary N) is 1. The van der Waals surface area contributed by atoms with Crippen molar-refractivity contribution >= 4 is 16.7 Å². The summed E-state index contributed by atoms with van der Waals surface area (Å²) in [5, 5.41) is 6.42. The molecule has 4 rings (SSSR count). The van der Waals surface area contributed by atoms with Crippen LogP contribution >= 0.6 is 0 Å². The SMILES string of the molecule is CN=C(N)N1CCC[C@H]1c1nc(-c2ccc3cc(OCCCCOC)ccc3c2)no1. The van der Waals surface area contributed by atoms with Crippen LogP contribution in [0, 0.1) is 0 Å². The Morgan fingerprint density at radius 2 is 2.00 bits per heavy atom. The van der Waals surface area contributed by atoms with Gasteiger partial charge in [0.2, 0.25) is 11.7 Å². The highest BCUT2D eigenvalue weighted by Crippen LogP contribution is 2.32. The van der Waals surface area contributed by atoms with Crippen LogP contribution in [-0.2, 0) is 4.74 Å². The lowest BCUT2D eigenvalue weighted by atomic mass is 10.1. The molecular formula is C23H29N5O3. The van der Waals surface area contributed by atoms with Gasteiger partial charge < -0.3 is 24.6 Å². The van der Waals surface area contributed by atoms with Crippen LogP contribution in [0.3, 0.4) is 0 Å². The first-order valence-electron chi connectivity index (χ1n) is 10.7. The molecule has 31 heavy (non-hydrogen) atoms. The zero-order valence-corrected chi connectivity index (χ0v) is 18.1. The van der Waals surface area contributed by atoms with Gasteiger partial charge in [0.1, 0.15) is 11.8 Å². The van der Waals surface area contributed by atoms with E-state index in [4.69, 9.17) is 19.7 Å². The van der Waals surface area contributed by atoms with Crippen molar-refractivity contribution in [3.8, 4) is 17.1 Å². The van der Waals surface area contributed by atoms with Gasteiger partial charge in [0.05, 0.1) is 6.61 Å². The van der Waals surface area contributed by atoms with Gasteiger partial charge in [-0.2, -0.15) is 4.98 Å². The molecule has 2 N–H and O–H groups in total. The minimum absolute atomic E-state index is 0.0194. The molecule has 0 unspecified atom stereocenters. The molecular weight excluding hydrogens is 394 g/mol. The van der Waals surface area contributed by atoms with Gasteiger partial charge in [0.15, 0.2) is 5.96 Å². The molecule has 1 aliphatic rings. The van der Waals surface area contributed by atoms with Crippen molar-refractivity contribution in [2.75, 3.05) is 33.9 Å². The molecule has 0 bridgehead atoms. The van der Waals surface area contributed by atoms with Crippen molar-refractivity contribution in [3.05, 3.63) is 42.3 Å². The van der Waals surface area contributed by atoms with Gasteiger partial charge in [0, 0.05) is 32.9 Å². The Labute approximate surface area is 182 Å². The number of nitrogens with zero attached hydrogens (tertiary/aromatic N) is 4. The average molecular weight is 424 g/mol. The Morgan fingerprint density at radius 1 is 1.19 bits per heavy atom. The molecule has 3 aromatic rings. The maximum absolute atomic E-state index is 6.02. The maximum atomic E-state index is 6.02. The number of hydrogen-bond acceptors (Lipinski definition) is 6. The second-order valence-electron chi connectivity index (χ2n) is 7.66. The number of aliphatic imine (C=N–C) groups is 1. The number of benzene rings is 2. The molecule has 1 saturated heterocycles. The monoisotopic (exact) mass is 423 g/mol. The second kappa shape index (κ2) is 9.78. The van der Waals surface area contributed by atoms with Gasteiger partial charge in [-0.15, -0.1) is 0 Å². The largest absolute Gasteiger partial charge is 0.494 e. The Kier molecular flexibility index (Phi) is 6.66. The summed E-state index contributed by atoms with van der Waals surface area (Å²) in [6.07, 6.45) is 3.91. The molecule has 1 aromatic heterocycles. The van der Waals surface area contributed by atoms with E-state index in [9.17, 15) is 0 Å². The van der Waals surface area contributed by atoms with Crippen LogP contribution in [-0.4, -0.2) is 54.9 Å². The summed E-state index contributed by atoms with van der Waals surface area (Å²) >= 11 is 0. The summed E-state index contributed by atoms with van der Waals surface area (Å²) in [6, 6.07) is 12.2. The third-order valence-electron chi connectivity index (χ3n) is 5.58. The van der Waals surface area contributed by atoms with Gasteiger partial charge in [-0.05, 0) is 54.7 Å². The topological polar surface area (TPSA) is 99.0 Å². The molecule has 0 aliphatic carbocycles. The molecule has 2 heterocycles. The van der Waals surface area contributed by atoms with Crippen molar-refractivity contribution in [2.24, 2.45) is 10.7 Å². The number of likely N-dealkylation sites (tertiary alicyclic amines) is 1. The third-order valence-corrected chi connectivity index (χ3v) is 5.58. The second-order valence-corrected chi connectivity index (χ2v) is 7.66. The fourth-order valence-corrected chi connectivity index (χ4v) is 3.91. The average Bonchev–Trinajstić information content (AvgIpc) is 3.47. The predicted octanol–water partition coefficient (Wildman–Crippen LogP) is 3.78. The maximum Gasteiger partial charge on any atom is 0.249 e. The molecule has 1 fully saturated rings. The summed E-state index contributed by atoms with van der Waals surface area (Å²) in [5.74, 6) is 2.53. The van der Waals surface area contributed by atoms with E-state index in [2.05, 4.69) is 39.4 Å². The van der Waals surface area contributed by atoms with Crippen LogP contribution in [0.15, 0.2) is 45.9 Å². The molecule has 0 amide bonds. The normalized spacial score (nSPS) is 16.9. The first-order chi connectivity index (χ1) is 15.2. The van der Waals surface area contributed by atoms with Crippen LogP contribution in [0.5, 0.6) is 5.75 Å². The van der Waals surface area contributed by atoms with Gasteiger partial charge >= 0.3 is 0 Å². The molecule has 8 heteroatoms. The molecule has 8 nitrogen and oxygen atoms in total. The number of aromatic nitrogens is 2. The van der Waals surface area contributed by atoms with E-state index >= 15 is 0 Å². The van der Waals surface area contributed by atoms with Crippen LogP contribution in [0.1, 0.15) is 37.6 Å². The number of rotatable bonds is 8. The van der Waals surface area contributed by atoms with Crippen LogP contribution in [0.2, 0.25) is 0 Å². The van der Waals surface area contributed by atoms with Crippen LogP contribution in [0.25, 0.3) is 22.2 Å². The van der Waals surface area contributed by atoms with E-state index in [1.165, 1.54) is 0 Å². The molecule has 2 aromatic carbocycles. The van der Waals surface area contributed by atoms with Gasteiger partial charge in [-0.1, -0.05) is 23.4 Å². The number of unbranched alkanes of at least 4 members (excludes halogenated alkanes) is 1. The quantitative estimate of drug-likeness (QED) is 0.334. The fraction of sp³-hybridized carbons (Fsp3) is 0.435. The zero-order chi connectivity index (χ0) is 21.6. The molecule has 1 atom stereocenters. The summed E-state index contributed by atoms with van der Waals surface area (Å²) in [7, 11) is 3.41. The standard InChI is InChI=1S/C23H29N5O3/c1-25-23(24)28-11-5-6-20(28)22-26-21(27-31-22)18-8-7-17-15-19(10-9-16(17)14-18)30-13-4-3-12-29-2/h7-10,14-15,20H,3-6,11-13H2,1-2H3,(H2,24,25)/t20-/m0/s1. The third kappa shape index (κ3) is 4.80. The molecule has 0 saturated carbocycles. The van der Waals surface area contributed by atoms with Crippen LogP contribution < -0.4 is 10.5 Å². The van der Waals surface area contributed by atoms with Gasteiger partial charge in [-0.3, -0.25) is 4.99 Å². The smallest absolute Gasteiger partial charge is 0.249 e. The highest BCUT2D eigenvalue weighted by atomic mass is 16.5. The van der Waals surface area contributed by atoms with E-state index in [1.54, 1.807) is 14.2 Å². The van der Waals surface area contributed by atoms with Crippen molar-refractivity contribution in [1.29, 1.82) is 0 Å². The highest BCUT2D eigenvalue weighted by molar-refractivity contribution is 5.87. The van der Waals surface area contributed by atoms with Crippen molar-refractivity contribution < 1.29 is 14.0 Å². The summed E-state index contributed by atoms with van der Waals surface area (Å²) in [5.41, 5.74) is 6.93. The van der Waals surface area contributed by atoms with Gasteiger partial charge in [0.25, 0.3) is 0 Å². The van der Waals surface area contributed by atoms with E-state index in [0.717, 1.165) is 60.9 Å². The lowest BCUT2D eigenvalue weighted by Gasteiger charge is -2.22. The summed E-state index contributed by atoms with van der Waals surface area (Å²) < 4.78 is 16.5. The lowest BCUT2D eigenvalue weighted by molar-refractivity contribution is 0.184. The number of ether oxygens (including phenoxy) is 2. The Morgan fingerprint density at radius 3 is 2.84 bits per heavy atom. The lowest BCUT2D eigenvalue weighted by Crippen LogP contribution is -2.36. The van der Waals surface area contributed by atoms with Gasteiger partial charge in [-0.25, -0.2) is 0 Å². The highest BCUT2D eigenvalue weighted by Gasteiger charge is 2.32.